The number of fused-ring (bicyclic) bond motifs is 2. The number of amides is 2. The van der Waals surface area contributed by atoms with E-state index in [-0.39, 0.29) is 18.1 Å². The molecule has 1 fully saturated rings. The van der Waals surface area contributed by atoms with Crippen molar-refractivity contribution in [3.05, 3.63) is 11.6 Å². The third-order valence-corrected chi connectivity index (χ3v) is 2.83. The summed E-state index contributed by atoms with van der Waals surface area (Å²) in [5.41, 5.74) is 1.18. The van der Waals surface area contributed by atoms with Crippen molar-refractivity contribution in [1.29, 1.82) is 5.26 Å². The van der Waals surface area contributed by atoms with Crippen LogP contribution in [0.4, 0.5) is 4.79 Å². The van der Waals surface area contributed by atoms with E-state index >= 15 is 0 Å². The number of urea groups is 1. The Morgan fingerprint density at radius 3 is 3.00 bits per heavy atom. The number of rotatable bonds is 1. The predicted molar refractivity (Wildman–Crippen MR) is 51.3 cm³/mol. The van der Waals surface area contributed by atoms with E-state index in [1.165, 1.54) is 5.57 Å². The molecule has 0 aromatic heterocycles. The summed E-state index contributed by atoms with van der Waals surface area (Å²) in [6.45, 7) is 4.81. The molecule has 2 heterocycles. The molecule has 0 aromatic rings. The number of hydrogen-bond acceptors (Lipinski definition) is 2. The van der Waals surface area contributed by atoms with Gasteiger partial charge in [0, 0.05) is 6.54 Å². The maximum absolute atomic E-state index is 11.4. The molecule has 4 heteroatoms. The molecule has 0 aliphatic carbocycles. The topological polar surface area (TPSA) is 56.1 Å². The molecule has 0 spiro atoms. The van der Waals surface area contributed by atoms with Gasteiger partial charge in [0.05, 0.1) is 12.1 Å². The summed E-state index contributed by atoms with van der Waals surface area (Å²) in [5, 5.41) is 11.8. The number of hydrogen-bond donors (Lipinski definition) is 1. The third kappa shape index (κ3) is 1.17. The van der Waals surface area contributed by atoms with Crippen molar-refractivity contribution in [3.8, 4) is 6.07 Å². The van der Waals surface area contributed by atoms with Gasteiger partial charge in [0.1, 0.15) is 6.04 Å². The van der Waals surface area contributed by atoms with Gasteiger partial charge in [-0.25, -0.2) is 4.79 Å². The van der Waals surface area contributed by atoms with E-state index in [4.69, 9.17) is 5.26 Å². The highest BCUT2D eigenvalue weighted by molar-refractivity contribution is 5.79. The Labute approximate surface area is 83.2 Å². The molecule has 1 saturated heterocycles. The van der Waals surface area contributed by atoms with E-state index in [0.717, 1.165) is 0 Å². The molecule has 2 bridgehead atoms. The summed E-state index contributed by atoms with van der Waals surface area (Å²) >= 11 is 0. The van der Waals surface area contributed by atoms with Crippen molar-refractivity contribution in [1.82, 2.24) is 10.2 Å². The Balaban J connectivity index is 2.34. The molecule has 2 aliphatic heterocycles. The highest BCUT2D eigenvalue weighted by Crippen LogP contribution is 2.26. The average Bonchev–Trinajstić information content (AvgIpc) is 2.45. The molecule has 1 N–H and O–H groups in total. The zero-order valence-electron chi connectivity index (χ0n) is 8.32. The van der Waals surface area contributed by atoms with Crippen molar-refractivity contribution in [3.63, 3.8) is 0 Å². The Bertz CT molecular complexity index is 340. The molecule has 74 valence electrons. The van der Waals surface area contributed by atoms with E-state index in [0.29, 0.717) is 12.5 Å². The molecule has 2 rings (SSSR count). The van der Waals surface area contributed by atoms with Gasteiger partial charge in [-0.15, -0.1) is 0 Å². The van der Waals surface area contributed by atoms with Gasteiger partial charge < -0.3 is 10.2 Å². The fourth-order valence-electron chi connectivity index (χ4n) is 2.08. The van der Waals surface area contributed by atoms with Gasteiger partial charge in [-0.1, -0.05) is 13.8 Å². The molecule has 0 radical (unpaired) electrons. The van der Waals surface area contributed by atoms with Gasteiger partial charge in [0.15, 0.2) is 0 Å². The Hall–Kier alpha value is -1.50. The van der Waals surface area contributed by atoms with Gasteiger partial charge in [-0.3, -0.25) is 0 Å². The van der Waals surface area contributed by atoms with Crippen molar-refractivity contribution < 1.29 is 4.79 Å². The summed E-state index contributed by atoms with van der Waals surface area (Å²) in [6.07, 6.45) is 1.91. The number of carbonyl (C=O) groups is 1. The van der Waals surface area contributed by atoms with Crippen molar-refractivity contribution in [2.75, 3.05) is 6.54 Å². The standard InChI is InChI=1S/C10H13N3O/c1-6(2)8-3-7(4-11)13-5-9(8)12-10(13)14/h3,6-7,9H,5H2,1-2H3,(H,12,14). The summed E-state index contributed by atoms with van der Waals surface area (Å²) < 4.78 is 0. The highest BCUT2D eigenvalue weighted by Gasteiger charge is 2.39. The minimum Gasteiger partial charge on any atom is -0.330 e. The van der Waals surface area contributed by atoms with Crippen LogP contribution in [0.15, 0.2) is 11.6 Å². The first-order chi connectivity index (χ1) is 6.63. The van der Waals surface area contributed by atoms with Gasteiger partial charge in [-0.2, -0.15) is 5.26 Å². The van der Waals surface area contributed by atoms with E-state index < -0.39 is 0 Å². The summed E-state index contributed by atoms with van der Waals surface area (Å²) in [5.74, 6) is 0.386. The maximum Gasteiger partial charge on any atom is 0.319 e. The lowest BCUT2D eigenvalue weighted by atomic mass is 9.91. The fourth-order valence-corrected chi connectivity index (χ4v) is 2.08. The Morgan fingerprint density at radius 1 is 1.71 bits per heavy atom. The zero-order valence-corrected chi connectivity index (χ0v) is 8.32. The number of nitrogens with one attached hydrogen (secondary N) is 1. The molecule has 2 unspecified atom stereocenters. The smallest absolute Gasteiger partial charge is 0.319 e. The minimum absolute atomic E-state index is 0.117. The number of carbonyl (C=O) groups excluding carboxylic acids is 1. The molecule has 4 nitrogen and oxygen atoms in total. The zero-order chi connectivity index (χ0) is 10.3. The van der Waals surface area contributed by atoms with Gasteiger partial charge in [-0.05, 0) is 17.6 Å². The molecule has 0 aromatic carbocycles. The third-order valence-electron chi connectivity index (χ3n) is 2.83. The van der Waals surface area contributed by atoms with Crippen molar-refractivity contribution in [2.45, 2.75) is 25.9 Å². The first-order valence-electron chi connectivity index (χ1n) is 4.82. The molecule has 2 atom stereocenters. The van der Waals surface area contributed by atoms with Crippen LogP contribution in [0.2, 0.25) is 0 Å². The second-order valence-corrected chi connectivity index (χ2v) is 4.05. The SMILES string of the molecule is CC(C)C1=CC(C#N)N2CC1NC2=O. The van der Waals surface area contributed by atoms with E-state index in [2.05, 4.69) is 25.2 Å². The summed E-state index contributed by atoms with van der Waals surface area (Å²) in [7, 11) is 0. The van der Waals surface area contributed by atoms with E-state index in [1.54, 1.807) is 4.90 Å². The average molecular weight is 191 g/mol. The van der Waals surface area contributed by atoms with E-state index in [1.807, 2.05) is 6.08 Å². The quantitative estimate of drug-likeness (QED) is 0.625. The second kappa shape index (κ2) is 3.02. The van der Waals surface area contributed by atoms with Gasteiger partial charge in [0.25, 0.3) is 0 Å². The second-order valence-electron chi connectivity index (χ2n) is 4.05. The predicted octanol–water partition coefficient (Wildman–Crippen LogP) is 0.868. The normalized spacial score (nSPS) is 30.0. The summed E-state index contributed by atoms with van der Waals surface area (Å²) in [4.78, 5) is 13.0. The lowest BCUT2D eigenvalue weighted by Gasteiger charge is -2.26. The van der Waals surface area contributed by atoms with Gasteiger partial charge >= 0.3 is 6.03 Å². The van der Waals surface area contributed by atoms with Crippen LogP contribution in [0, 0.1) is 17.2 Å². The molecule has 2 amide bonds. The van der Waals surface area contributed by atoms with Crippen LogP contribution in [0.25, 0.3) is 0 Å². The highest BCUT2D eigenvalue weighted by atomic mass is 16.2. The minimum atomic E-state index is -0.383. The largest absolute Gasteiger partial charge is 0.330 e. The van der Waals surface area contributed by atoms with Crippen molar-refractivity contribution in [2.24, 2.45) is 5.92 Å². The van der Waals surface area contributed by atoms with Crippen LogP contribution in [0.5, 0.6) is 0 Å². The van der Waals surface area contributed by atoms with Crippen LogP contribution < -0.4 is 5.32 Å². The molecular weight excluding hydrogens is 178 g/mol. The van der Waals surface area contributed by atoms with Crippen LogP contribution in [-0.2, 0) is 0 Å². The molecule has 14 heavy (non-hydrogen) atoms. The monoisotopic (exact) mass is 191 g/mol. The molecule has 0 saturated carbocycles. The van der Waals surface area contributed by atoms with Crippen LogP contribution >= 0.6 is 0 Å². The van der Waals surface area contributed by atoms with Crippen LogP contribution in [-0.4, -0.2) is 29.6 Å². The molecule has 2 aliphatic rings. The number of nitriles is 1. The molecular formula is C10H13N3O. The lowest BCUT2D eigenvalue weighted by molar-refractivity contribution is 0.214. The summed E-state index contributed by atoms with van der Waals surface area (Å²) in [6, 6.07) is 1.75. The first-order valence-corrected chi connectivity index (χ1v) is 4.82. The first kappa shape index (κ1) is 9.07. The van der Waals surface area contributed by atoms with E-state index in [9.17, 15) is 4.79 Å². The van der Waals surface area contributed by atoms with Crippen LogP contribution in [0.3, 0.4) is 0 Å². The Morgan fingerprint density at radius 2 is 2.43 bits per heavy atom. The number of nitrogens with zero attached hydrogens (tertiary/aromatic N) is 2. The lowest BCUT2D eigenvalue weighted by Crippen LogP contribution is -2.38. The fraction of sp³-hybridized carbons (Fsp3) is 0.600. The van der Waals surface area contributed by atoms with Crippen LogP contribution in [0.1, 0.15) is 13.8 Å². The maximum atomic E-state index is 11.4. The van der Waals surface area contributed by atoms with Crippen molar-refractivity contribution >= 4 is 6.03 Å². The van der Waals surface area contributed by atoms with Gasteiger partial charge in [0.2, 0.25) is 0 Å². The Kier molecular flexibility index (Phi) is 1.95.